The summed E-state index contributed by atoms with van der Waals surface area (Å²) in [4.78, 5) is 12.2. The van der Waals surface area contributed by atoms with Crippen molar-refractivity contribution >= 4 is 33.2 Å². The van der Waals surface area contributed by atoms with Gasteiger partial charge in [-0.1, -0.05) is 0 Å². The number of anilines is 2. The molecule has 0 spiro atoms. The minimum Gasteiger partial charge on any atom is -0.493 e. The van der Waals surface area contributed by atoms with Gasteiger partial charge in [0, 0.05) is 27.8 Å². The van der Waals surface area contributed by atoms with E-state index in [1.54, 1.807) is 24.3 Å². The van der Waals surface area contributed by atoms with E-state index in [2.05, 4.69) is 21.2 Å². The summed E-state index contributed by atoms with van der Waals surface area (Å²) < 4.78 is 6.19. The topological polar surface area (TPSA) is 64.3 Å². The van der Waals surface area contributed by atoms with Gasteiger partial charge in [-0.25, -0.2) is 0 Å². The number of nitrogens with one attached hydrogen (secondary N) is 1. The second-order valence-corrected chi connectivity index (χ2v) is 5.47. The molecule has 1 heterocycles. The summed E-state index contributed by atoms with van der Waals surface area (Å²) in [5, 5.41) is 2.85. The Balaban J connectivity index is 1.80. The van der Waals surface area contributed by atoms with E-state index in [1.807, 2.05) is 12.1 Å². The molecular formula is C15H13BrN2O2. The molecule has 0 radical (unpaired) electrons. The summed E-state index contributed by atoms with van der Waals surface area (Å²) in [5.41, 5.74) is 8.76. The standard InChI is InChI=1S/C15H13BrN2O2/c16-12-8-11(2-3-13(12)17)18-15(19)10-1-4-14-9(7-10)5-6-20-14/h1-4,7-8H,5-6,17H2,(H,18,19). The van der Waals surface area contributed by atoms with Crippen LogP contribution in [-0.4, -0.2) is 12.5 Å². The van der Waals surface area contributed by atoms with Gasteiger partial charge in [-0.05, 0) is 57.9 Å². The Bertz CT molecular complexity index is 686. The number of nitrogen functional groups attached to an aromatic ring is 1. The van der Waals surface area contributed by atoms with Crippen LogP contribution in [-0.2, 0) is 6.42 Å². The molecule has 1 amide bonds. The molecule has 3 rings (SSSR count). The SMILES string of the molecule is Nc1ccc(NC(=O)c2ccc3c(c2)CCO3)cc1Br. The van der Waals surface area contributed by atoms with Crippen LogP contribution in [0, 0.1) is 0 Å². The highest BCUT2D eigenvalue weighted by Gasteiger charge is 2.15. The van der Waals surface area contributed by atoms with Crippen LogP contribution >= 0.6 is 15.9 Å². The minimum absolute atomic E-state index is 0.142. The molecule has 0 aliphatic carbocycles. The number of hydrogen-bond acceptors (Lipinski definition) is 3. The number of nitrogens with two attached hydrogens (primary N) is 1. The lowest BCUT2D eigenvalue weighted by molar-refractivity contribution is 0.102. The van der Waals surface area contributed by atoms with Crippen molar-refractivity contribution in [3.8, 4) is 5.75 Å². The molecule has 0 saturated heterocycles. The van der Waals surface area contributed by atoms with Crippen LogP contribution in [0.2, 0.25) is 0 Å². The van der Waals surface area contributed by atoms with Crippen LogP contribution in [0.4, 0.5) is 11.4 Å². The third-order valence-electron chi connectivity index (χ3n) is 3.21. The summed E-state index contributed by atoms with van der Waals surface area (Å²) in [6.45, 7) is 0.686. The molecule has 5 heteroatoms. The van der Waals surface area contributed by atoms with Gasteiger partial charge in [0.1, 0.15) is 5.75 Å². The van der Waals surface area contributed by atoms with Gasteiger partial charge >= 0.3 is 0 Å². The molecule has 0 saturated carbocycles. The van der Waals surface area contributed by atoms with Gasteiger partial charge in [-0.2, -0.15) is 0 Å². The quantitative estimate of drug-likeness (QED) is 0.830. The molecule has 2 aromatic rings. The minimum atomic E-state index is -0.142. The molecular weight excluding hydrogens is 320 g/mol. The zero-order chi connectivity index (χ0) is 14.1. The number of carbonyl (C=O) groups is 1. The maximum Gasteiger partial charge on any atom is 0.255 e. The van der Waals surface area contributed by atoms with Crippen molar-refractivity contribution in [3.05, 3.63) is 52.0 Å². The fourth-order valence-electron chi connectivity index (χ4n) is 2.14. The molecule has 3 N–H and O–H groups in total. The molecule has 4 nitrogen and oxygen atoms in total. The van der Waals surface area contributed by atoms with Crippen molar-refractivity contribution in [2.75, 3.05) is 17.7 Å². The number of rotatable bonds is 2. The molecule has 20 heavy (non-hydrogen) atoms. The Morgan fingerprint density at radius 3 is 2.90 bits per heavy atom. The van der Waals surface area contributed by atoms with E-state index in [0.717, 1.165) is 22.2 Å². The zero-order valence-corrected chi connectivity index (χ0v) is 12.2. The first-order valence-electron chi connectivity index (χ1n) is 6.25. The summed E-state index contributed by atoms with van der Waals surface area (Å²) in [5.74, 6) is 0.730. The lowest BCUT2D eigenvalue weighted by atomic mass is 10.1. The van der Waals surface area contributed by atoms with Gasteiger partial charge in [0.25, 0.3) is 5.91 Å². The lowest BCUT2D eigenvalue weighted by Gasteiger charge is -2.08. The molecule has 0 aromatic heterocycles. The van der Waals surface area contributed by atoms with E-state index in [1.165, 1.54) is 0 Å². The number of carbonyl (C=O) groups excluding carboxylic acids is 1. The first kappa shape index (κ1) is 13.0. The van der Waals surface area contributed by atoms with E-state index in [-0.39, 0.29) is 5.91 Å². The highest BCUT2D eigenvalue weighted by Crippen LogP contribution is 2.27. The van der Waals surface area contributed by atoms with Crippen molar-refractivity contribution in [1.29, 1.82) is 0 Å². The van der Waals surface area contributed by atoms with Crippen molar-refractivity contribution in [1.82, 2.24) is 0 Å². The van der Waals surface area contributed by atoms with E-state index in [4.69, 9.17) is 10.5 Å². The Morgan fingerprint density at radius 2 is 2.10 bits per heavy atom. The highest BCUT2D eigenvalue weighted by atomic mass is 79.9. The number of ether oxygens (including phenoxy) is 1. The first-order chi connectivity index (χ1) is 9.63. The maximum absolute atomic E-state index is 12.2. The van der Waals surface area contributed by atoms with E-state index < -0.39 is 0 Å². The van der Waals surface area contributed by atoms with Crippen molar-refractivity contribution in [2.24, 2.45) is 0 Å². The predicted molar refractivity (Wildman–Crippen MR) is 82.1 cm³/mol. The molecule has 1 aliphatic heterocycles. The summed E-state index contributed by atoms with van der Waals surface area (Å²) >= 11 is 3.34. The molecule has 2 aromatic carbocycles. The van der Waals surface area contributed by atoms with Crippen LogP contribution in [0.15, 0.2) is 40.9 Å². The van der Waals surface area contributed by atoms with E-state index in [9.17, 15) is 4.79 Å². The third-order valence-corrected chi connectivity index (χ3v) is 3.90. The number of benzene rings is 2. The van der Waals surface area contributed by atoms with E-state index in [0.29, 0.717) is 23.5 Å². The maximum atomic E-state index is 12.2. The Kier molecular flexibility index (Phi) is 3.36. The first-order valence-corrected chi connectivity index (χ1v) is 7.05. The normalized spacial score (nSPS) is 12.7. The van der Waals surface area contributed by atoms with Crippen LogP contribution in [0.25, 0.3) is 0 Å². The molecule has 1 aliphatic rings. The van der Waals surface area contributed by atoms with Crippen LogP contribution in [0.5, 0.6) is 5.75 Å². The van der Waals surface area contributed by atoms with Crippen molar-refractivity contribution in [2.45, 2.75) is 6.42 Å². The Hall–Kier alpha value is -2.01. The number of halogens is 1. The molecule has 0 fully saturated rings. The van der Waals surface area contributed by atoms with E-state index >= 15 is 0 Å². The van der Waals surface area contributed by atoms with Crippen LogP contribution < -0.4 is 15.8 Å². The molecule has 102 valence electrons. The largest absolute Gasteiger partial charge is 0.493 e. The molecule has 0 unspecified atom stereocenters. The van der Waals surface area contributed by atoms with Gasteiger partial charge in [0.2, 0.25) is 0 Å². The van der Waals surface area contributed by atoms with Gasteiger partial charge in [-0.15, -0.1) is 0 Å². The number of hydrogen-bond donors (Lipinski definition) is 2. The smallest absolute Gasteiger partial charge is 0.255 e. The summed E-state index contributed by atoms with van der Waals surface area (Å²) in [7, 11) is 0. The van der Waals surface area contributed by atoms with Gasteiger partial charge in [-0.3, -0.25) is 4.79 Å². The van der Waals surface area contributed by atoms with Crippen molar-refractivity contribution < 1.29 is 9.53 Å². The molecule has 0 bridgehead atoms. The average molecular weight is 333 g/mol. The number of amides is 1. The fraction of sp³-hybridized carbons (Fsp3) is 0.133. The predicted octanol–water partition coefficient (Wildman–Crippen LogP) is 3.22. The van der Waals surface area contributed by atoms with Gasteiger partial charge in [0.05, 0.1) is 6.61 Å². The Labute approximate surface area is 125 Å². The average Bonchev–Trinajstić information content (AvgIpc) is 2.90. The monoisotopic (exact) mass is 332 g/mol. The van der Waals surface area contributed by atoms with Crippen molar-refractivity contribution in [3.63, 3.8) is 0 Å². The van der Waals surface area contributed by atoms with Gasteiger partial charge < -0.3 is 15.8 Å². The zero-order valence-electron chi connectivity index (χ0n) is 10.7. The van der Waals surface area contributed by atoms with Crippen LogP contribution in [0.1, 0.15) is 15.9 Å². The second kappa shape index (κ2) is 5.17. The Morgan fingerprint density at radius 1 is 1.25 bits per heavy atom. The van der Waals surface area contributed by atoms with Gasteiger partial charge in [0.15, 0.2) is 0 Å². The highest BCUT2D eigenvalue weighted by molar-refractivity contribution is 9.10. The summed E-state index contributed by atoms with van der Waals surface area (Å²) in [6, 6.07) is 10.8. The second-order valence-electron chi connectivity index (χ2n) is 4.61. The summed E-state index contributed by atoms with van der Waals surface area (Å²) in [6.07, 6.45) is 0.851. The lowest BCUT2D eigenvalue weighted by Crippen LogP contribution is -2.12. The number of fused-ring (bicyclic) bond motifs is 1. The fourth-order valence-corrected chi connectivity index (χ4v) is 2.51. The van der Waals surface area contributed by atoms with Crippen LogP contribution in [0.3, 0.4) is 0 Å². The third kappa shape index (κ3) is 2.49. The molecule has 0 atom stereocenters.